The predicted octanol–water partition coefficient (Wildman–Crippen LogP) is 2.91. The highest BCUT2D eigenvalue weighted by Crippen LogP contribution is 2.44. The molecule has 168 valence electrons. The smallest absolute Gasteiger partial charge is 0.203 e. The maximum absolute atomic E-state index is 13.4. The lowest BCUT2D eigenvalue weighted by Crippen LogP contribution is -2.26. The second kappa shape index (κ2) is 9.89. The zero-order valence-corrected chi connectivity index (χ0v) is 18.3. The molecule has 8 heteroatoms. The molecule has 0 bridgehead atoms. The third kappa shape index (κ3) is 4.26. The maximum atomic E-state index is 13.4. The van der Waals surface area contributed by atoms with Crippen molar-refractivity contribution in [3.8, 4) is 28.7 Å². The van der Waals surface area contributed by atoms with Gasteiger partial charge in [-0.2, -0.15) is 0 Å². The van der Waals surface area contributed by atoms with Crippen molar-refractivity contribution >= 4 is 5.78 Å². The van der Waals surface area contributed by atoms with Crippen LogP contribution >= 0.6 is 0 Å². The summed E-state index contributed by atoms with van der Waals surface area (Å²) >= 11 is 0. The van der Waals surface area contributed by atoms with E-state index in [1.165, 1.54) is 21.3 Å². The topological polar surface area (TPSA) is 92.7 Å². The molecule has 3 atom stereocenters. The van der Waals surface area contributed by atoms with E-state index in [1.54, 1.807) is 38.5 Å². The van der Waals surface area contributed by atoms with Crippen molar-refractivity contribution in [3.63, 3.8) is 0 Å². The number of rotatable bonds is 9. The Bertz CT molecular complexity index is 901. The molecule has 1 heterocycles. The monoisotopic (exact) mass is 432 g/mol. The van der Waals surface area contributed by atoms with E-state index in [0.29, 0.717) is 34.3 Å². The SMILES string of the molecule is COc1ccc([C@H]2OC[C@H](C(=O)c3cc(OC)c(OC)c(OC)c3)[C@@H]2CO)cc1OC. The van der Waals surface area contributed by atoms with Crippen LogP contribution in [0.4, 0.5) is 0 Å². The van der Waals surface area contributed by atoms with E-state index in [1.807, 2.05) is 6.07 Å². The van der Waals surface area contributed by atoms with Crippen LogP contribution in [-0.2, 0) is 4.74 Å². The van der Waals surface area contributed by atoms with E-state index < -0.39 is 17.9 Å². The molecule has 0 aliphatic carbocycles. The summed E-state index contributed by atoms with van der Waals surface area (Å²) in [4.78, 5) is 13.4. The van der Waals surface area contributed by atoms with Gasteiger partial charge in [-0.25, -0.2) is 0 Å². The van der Waals surface area contributed by atoms with Gasteiger partial charge in [-0.05, 0) is 29.8 Å². The summed E-state index contributed by atoms with van der Waals surface area (Å²) in [5.41, 5.74) is 1.20. The first-order valence-corrected chi connectivity index (χ1v) is 9.81. The second-order valence-electron chi connectivity index (χ2n) is 7.10. The molecule has 0 unspecified atom stereocenters. The summed E-state index contributed by atoms with van der Waals surface area (Å²) in [6.45, 7) is -0.0282. The number of hydrogen-bond donors (Lipinski definition) is 1. The van der Waals surface area contributed by atoms with Crippen molar-refractivity contribution in [1.29, 1.82) is 0 Å². The predicted molar refractivity (Wildman–Crippen MR) is 113 cm³/mol. The summed E-state index contributed by atoms with van der Waals surface area (Å²) in [6.07, 6.45) is -0.458. The molecule has 1 aliphatic heterocycles. The van der Waals surface area contributed by atoms with Gasteiger partial charge in [0.15, 0.2) is 28.8 Å². The van der Waals surface area contributed by atoms with Crippen molar-refractivity contribution in [2.24, 2.45) is 11.8 Å². The molecular weight excluding hydrogens is 404 g/mol. The molecule has 8 nitrogen and oxygen atoms in total. The molecular formula is C23H28O8. The quantitative estimate of drug-likeness (QED) is 0.605. The van der Waals surface area contributed by atoms with Crippen molar-refractivity contribution < 1.29 is 38.3 Å². The maximum Gasteiger partial charge on any atom is 0.203 e. The fraction of sp³-hybridized carbons (Fsp3) is 0.435. The van der Waals surface area contributed by atoms with Gasteiger partial charge < -0.3 is 33.5 Å². The van der Waals surface area contributed by atoms with E-state index in [9.17, 15) is 9.90 Å². The zero-order chi connectivity index (χ0) is 22.5. The van der Waals surface area contributed by atoms with Gasteiger partial charge in [-0.15, -0.1) is 0 Å². The third-order valence-electron chi connectivity index (χ3n) is 5.59. The van der Waals surface area contributed by atoms with Crippen molar-refractivity contribution in [3.05, 3.63) is 41.5 Å². The number of aliphatic hydroxyl groups is 1. The number of benzene rings is 2. The lowest BCUT2D eigenvalue weighted by atomic mass is 9.83. The number of methoxy groups -OCH3 is 5. The number of hydrogen-bond acceptors (Lipinski definition) is 8. The highest BCUT2D eigenvalue weighted by molar-refractivity contribution is 5.99. The van der Waals surface area contributed by atoms with Crippen molar-refractivity contribution in [1.82, 2.24) is 0 Å². The van der Waals surface area contributed by atoms with Gasteiger partial charge in [0.25, 0.3) is 0 Å². The summed E-state index contributed by atoms with van der Waals surface area (Å²) in [7, 11) is 7.60. The second-order valence-corrected chi connectivity index (χ2v) is 7.10. The van der Waals surface area contributed by atoms with E-state index in [-0.39, 0.29) is 19.0 Å². The van der Waals surface area contributed by atoms with E-state index in [0.717, 1.165) is 5.56 Å². The van der Waals surface area contributed by atoms with Crippen LogP contribution in [0.5, 0.6) is 28.7 Å². The minimum atomic E-state index is -0.536. The van der Waals surface area contributed by atoms with Gasteiger partial charge in [0.05, 0.1) is 54.2 Å². The molecule has 0 aromatic heterocycles. The molecule has 2 aromatic rings. The lowest BCUT2D eigenvalue weighted by molar-refractivity contribution is 0.0713. The summed E-state index contributed by atoms with van der Waals surface area (Å²) in [5, 5.41) is 10.1. The number of Topliss-reactive ketones (excluding diaryl/α,β-unsaturated/α-hetero) is 1. The fourth-order valence-electron chi connectivity index (χ4n) is 3.97. The van der Waals surface area contributed by atoms with E-state index >= 15 is 0 Å². The molecule has 31 heavy (non-hydrogen) atoms. The highest BCUT2D eigenvalue weighted by atomic mass is 16.5. The molecule has 1 fully saturated rings. The third-order valence-corrected chi connectivity index (χ3v) is 5.59. The Balaban J connectivity index is 1.92. The van der Waals surface area contributed by atoms with Gasteiger partial charge in [0.2, 0.25) is 5.75 Å². The molecule has 0 amide bonds. The summed E-state index contributed by atoms with van der Waals surface area (Å²) < 4.78 is 32.7. The molecule has 0 spiro atoms. The largest absolute Gasteiger partial charge is 0.493 e. The number of ether oxygens (including phenoxy) is 6. The zero-order valence-electron chi connectivity index (χ0n) is 18.3. The van der Waals surface area contributed by atoms with E-state index in [4.69, 9.17) is 28.4 Å². The molecule has 1 saturated heterocycles. The number of carbonyl (C=O) groups excluding carboxylic acids is 1. The van der Waals surface area contributed by atoms with Crippen molar-refractivity contribution in [2.45, 2.75) is 6.10 Å². The van der Waals surface area contributed by atoms with E-state index in [2.05, 4.69) is 0 Å². The lowest BCUT2D eigenvalue weighted by Gasteiger charge is -2.22. The van der Waals surface area contributed by atoms with Crippen LogP contribution in [0, 0.1) is 11.8 Å². The molecule has 0 saturated carbocycles. The summed E-state index contributed by atoms with van der Waals surface area (Å²) in [5.74, 6) is 1.21. The van der Waals surface area contributed by atoms with Crippen LogP contribution in [0.25, 0.3) is 0 Å². The van der Waals surface area contributed by atoms with Crippen molar-refractivity contribution in [2.75, 3.05) is 48.8 Å². The average Bonchev–Trinajstić information content (AvgIpc) is 3.25. The Morgan fingerprint density at radius 3 is 2.03 bits per heavy atom. The van der Waals surface area contributed by atoms with Crippen LogP contribution < -0.4 is 23.7 Å². The Morgan fingerprint density at radius 2 is 1.52 bits per heavy atom. The molecule has 1 N–H and O–H groups in total. The molecule has 1 aliphatic rings. The number of aliphatic hydroxyl groups excluding tert-OH is 1. The van der Waals surface area contributed by atoms with Gasteiger partial charge >= 0.3 is 0 Å². The number of carbonyl (C=O) groups is 1. The first kappa shape index (κ1) is 22.7. The van der Waals surface area contributed by atoms with Gasteiger partial charge in [-0.3, -0.25) is 4.79 Å². The minimum absolute atomic E-state index is 0.165. The highest BCUT2D eigenvalue weighted by Gasteiger charge is 2.42. The molecule has 2 aromatic carbocycles. The van der Waals surface area contributed by atoms with Crippen LogP contribution in [0.1, 0.15) is 22.0 Å². The van der Waals surface area contributed by atoms with Gasteiger partial charge in [-0.1, -0.05) is 6.07 Å². The van der Waals surface area contributed by atoms with Crippen LogP contribution in [0.2, 0.25) is 0 Å². The fourth-order valence-corrected chi connectivity index (χ4v) is 3.97. The minimum Gasteiger partial charge on any atom is -0.493 e. The Labute approximate surface area is 181 Å². The number of ketones is 1. The van der Waals surface area contributed by atoms with Gasteiger partial charge in [0, 0.05) is 18.1 Å². The Hall–Kier alpha value is -2.97. The summed E-state index contributed by atoms with van der Waals surface area (Å²) in [6, 6.07) is 8.66. The molecule has 3 rings (SSSR count). The van der Waals surface area contributed by atoms with Crippen LogP contribution in [0.15, 0.2) is 30.3 Å². The van der Waals surface area contributed by atoms with Crippen LogP contribution in [-0.4, -0.2) is 59.7 Å². The Kier molecular flexibility index (Phi) is 7.25. The average molecular weight is 432 g/mol. The first-order valence-electron chi connectivity index (χ1n) is 9.81. The van der Waals surface area contributed by atoms with Crippen LogP contribution in [0.3, 0.4) is 0 Å². The normalized spacial score (nSPS) is 20.3. The standard InChI is InChI=1S/C23H28O8/c1-26-17-7-6-13(8-18(17)27-2)22-15(11-24)16(12-31-22)21(25)14-9-19(28-3)23(30-5)20(10-14)29-4/h6-10,15-16,22,24H,11-12H2,1-5H3/t15-,16-,22+/m0/s1. The molecule has 0 radical (unpaired) electrons. The Morgan fingerprint density at radius 1 is 0.903 bits per heavy atom. The first-order chi connectivity index (χ1) is 15.0. The van der Waals surface area contributed by atoms with Gasteiger partial charge in [0.1, 0.15) is 0 Å².